The second kappa shape index (κ2) is 7.36. The lowest BCUT2D eigenvalue weighted by atomic mass is 9.96. The minimum absolute atomic E-state index is 0.153. The average molecular weight is 364 g/mol. The van der Waals surface area contributed by atoms with Gasteiger partial charge in [-0.15, -0.1) is 13.2 Å². The predicted molar refractivity (Wildman–Crippen MR) is 105 cm³/mol. The number of aryl methyl sites for hydroxylation is 1. The van der Waals surface area contributed by atoms with E-state index in [1.165, 1.54) is 0 Å². The Kier molecular flexibility index (Phi) is 5.82. The van der Waals surface area contributed by atoms with E-state index in [0.29, 0.717) is 6.42 Å². The van der Waals surface area contributed by atoms with Crippen molar-refractivity contribution < 1.29 is 13.6 Å². The highest BCUT2D eigenvalue weighted by molar-refractivity contribution is 7.55. The van der Waals surface area contributed by atoms with Crippen LogP contribution in [0.3, 0.4) is 0 Å². The summed E-state index contributed by atoms with van der Waals surface area (Å²) in [6, 6.07) is 6.04. The number of hydrogen-bond donors (Lipinski definition) is 2. The van der Waals surface area contributed by atoms with Crippen molar-refractivity contribution in [1.82, 2.24) is 0 Å². The first-order valence-corrected chi connectivity index (χ1v) is 9.98. The molecule has 1 unspecified atom stereocenters. The van der Waals surface area contributed by atoms with Gasteiger partial charge in [0.15, 0.2) is 0 Å². The fourth-order valence-corrected chi connectivity index (χ4v) is 5.40. The maximum Gasteiger partial charge on any atom is 0.356 e. The lowest BCUT2D eigenvalue weighted by Crippen LogP contribution is -2.43. The molecule has 1 aliphatic heterocycles. The minimum Gasteiger partial charge on any atom is -0.378 e. The molecule has 1 atom stereocenters. The number of hydrogen-bond acceptors (Lipinski definition) is 5. The first-order chi connectivity index (χ1) is 11.7. The van der Waals surface area contributed by atoms with Gasteiger partial charge in [0.2, 0.25) is 0 Å². The quantitative estimate of drug-likeness (QED) is 0.507. The van der Waals surface area contributed by atoms with Gasteiger partial charge in [-0.25, -0.2) is 0 Å². The van der Waals surface area contributed by atoms with E-state index in [-0.39, 0.29) is 18.8 Å². The van der Waals surface area contributed by atoms with Gasteiger partial charge in [0.25, 0.3) is 0 Å². The van der Waals surface area contributed by atoms with Crippen LogP contribution >= 0.6 is 7.60 Å². The Balaban J connectivity index is 2.54. The second-order valence-corrected chi connectivity index (χ2v) is 9.75. The Morgan fingerprint density at radius 3 is 2.32 bits per heavy atom. The van der Waals surface area contributed by atoms with E-state index < -0.39 is 12.9 Å². The Morgan fingerprint density at radius 1 is 1.16 bits per heavy atom. The van der Waals surface area contributed by atoms with Crippen LogP contribution in [0.2, 0.25) is 0 Å². The number of benzene rings is 1. The molecule has 6 heteroatoms. The summed E-state index contributed by atoms with van der Waals surface area (Å²) in [4.78, 5) is 0. The first kappa shape index (κ1) is 19.8. The molecule has 0 amide bonds. The van der Waals surface area contributed by atoms with Gasteiger partial charge in [-0.2, -0.15) is 0 Å². The minimum atomic E-state index is -3.52. The third kappa shape index (κ3) is 4.17. The summed E-state index contributed by atoms with van der Waals surface area (Å²) in [7, 11) is -3.52. The largest absolute Gasteiger partial charge is 0.378 e. The highest BCUT2D eigenvalue weighted by Crippen LogP contribution is 2.63. The standard InChI is InChI=1S/C19H29N2O3P/c1-7-12-23-25(22,24-13-8-2)19(6)14-18(4,5)20-16-11-9-10-15(3)17(16)21-19/h7-11,20-21H,1-2,12-14H2,3-6H3. The smallest absolute Gasteiger partial charge is 0.356 e. The molecule has 5 nitrogen and oxygen atoms in total. The van der Waals surface area contributed by atoms with Crippen molar-refractivity contribution in [3.63, 3.8) is 0 Å². The molecule has 1 aromatic rings. The van der Waals surface area contributed by atoms with Crippen LogP contribution in [0.4, 0.5) is 11.4 Å². The fraction of sp³-hybridized carbons (Fsp3) is 0.474. The van der Waals surface area contributed by atoms with Gasteiger partial charge in [-0.05, 0) is 39.3 Å². The first-order valence-electron chi connectivity index (χ1n) is 8.43. The van der Waals surface area contributed by atoms with E-state index in [4.69, 9.17) is 9.05 Å². The van der Waals surface area contributed by atoms with Crippen molar-refractivity contribution in [2.75, 3.05) is 23.8 Å². The van der Waals surface area contributed by atoms with Gasteiger partial charge >= 0.3 is 7.60 Å². The van der Waals surface area contributed by atoms with Crippen molar-refractivity contribution in [2.45, 2.75) is 44.9 Å². The molecule has 1 aromatic carbocycles. The van der Waals surface area contributed by atoms with E-state index in [9.17, 15) is 4.57 Å². The van der Waals surface area contributed by atoms with Crippen LogP contribution in [-0.2, 0) is 13.6 Å². The molecular weight excluding hydrogens is 335 g/mol. The highest BCUT2D eigenvalue weighted by atomic mass is 31.2. The molecule has 2 N–H and O–H groups in total. The van der Waals surface area contributed by atoms with Crippen LogP contribution < -0.4 is 10.6 Å². The second-order valence-electron chi connectivity index (χ2n) is 7.25. The van der Waals surface area contributed by atoms with Crippen LogP contribution in [0.5, 0.6) is 0 Å². The SMILES string of the molecule is C=CCOP(=O)(OCC=C)C1(C)CC(C)(C)Nc2cccc(C)c2N1. The van der Waals surface area contributed by atoms with Gasteiger partial charge in [-0.1, -0.05) is 24.3 Å². The molecular formula is C19H29N2O3P. The molecule has 0 saturated heterocycles. The maximum absolute atomic E-state index is 13.7. The number of nitrogens with one attached hydrogen (secondary N) is 2. The predicted octanol–water partition coefficient (Wildman–Crippen LogP) is 5.32. The topological polar surface area (TPSA) is 59.6 Å². The monoisotopic (exact) mass is 364 g/mol. The molecule has 0 spiro atoms. The Hall–Kier alpha value is -1.55. The fourth-order valence-electron chi connectivity index (χ4n) is 3.31. The normalized spacial score (nSPS) is 22.1. The van der Waals surface area contributed by atoms with Crippen LogP contribution in [-0.4, -0.2) is 24.0 Å². The van der Waals surface area contributed by atoms with E-state index in [1.54, 1.807) is 12.2 Å². The van der Waals surface area contributed by atoms with Crippen LogP contribution in [0.15, 0.2) is 43.5 Å². The Bertz CT molecular complexity index is 686. The third-order valence-electron chi connectivity index (χ3n) is 4.26. The summed E-state index contributed by atoms with van der Waals surface area (Å²) in [5.74, 6) is 0. The van der Waals surface area contributed by atoms with E-state index in [1.807, 2.05) is 32.0 Å². The summed E-state index contributed by atoms with van der Waals surface area (Å²) < 4.78 is 25.1. The van der Waals surface area contributed by atoms with E-state index >= 15 is 0 Å². The number of para-hydroxylation sites is 1. The molecule has 0 radical (unpaired) electrons. The van der Waals surface area contributed by atoms with E-state index in [0.717, 1.165) is 16.9 Å². The molecule has 1 aliphatic rings. The van der Waals surface area contributed by atoms with Gasteiger partial charge in [0.05, 0.1) is 24.6 Å². The highest BCUT2D eigenvalue weighted by Gasteiger charge is 2.52. The number of anilines is 2. The van der Waals surface area contributed by atoms with Gasteiger partial charge in [0.1, 0.15) is 5.28 Å². The maximum atomic E-state index is 13.7. The molecule has 0 bridgehead atoms. The summed E-state index contributed by atoms with van der Waals surface area (Å²) in [6.45, 7) is 15.7. The van der Waals surface area contributed by atoms with Crippen molar-refractivity contribution in [3.05, 3.63) is 49.1 Å². The molecule has 2 rings (SSSR count). The molecule has 0 saturated carbocycles. The summed E-state index contributed by atoms with van der Waals surface area (Å²) in [5.41, 5.74) is 2.65. The van der Waals surface area contributed by atoms with Gasteiger partial charge in [-0.3, -0.25) is 4.57 Å². The Morgan fingerprint density at radius 2 is 1.76 bits per heavy atom. The molecule has 0 aromatic heterocycles. The molecule has 25 heavy (non-hydrogen) atoms. The molecule has 0 aliphatic carbocycles. The summed E-state index contributed by atoms with van der Waals surface area (Å²) >= 11 is 0. The van der Waals surface area contributed by atoms with Crippen molar-refractivity contribution >= 4 is 19.0 Å². The lowest BCUT2D eigenvalue weighted by Gasteiger charge is -2.40. The molecule has 138 valence electrons. The zero-order valence-electron chi connectivity index (χ0n) is 15.6. The third-order valence-corrected chi connectivity index (χ3v) is 6.71. The van der Waals surface area contributed by atoms with Crippen molar-refractivity contribution in [1.29, 1.82) is 0 Å². The zero-order chi connectivity index (χ0) is 18.7. The number of rotatable bonds is 7. The van der Waals surface area contributed by atoms with Crippen molar-refractivity contribution in [3.8, 4) is 0 Å². The van der Waals surface area contributed by atoms with Gasteiger partial charge in [0, 0.05) is 12.0 Å². The van der Waals surface area contributed by atoms with Crippen molar-refractivity contribution in [2.24, 2.45) is 0 Å². The number of fused-ring (bicyclic) bond motifs is 1. The zero-order valence-corrected chi connectivity index (χ0v) is 16.5. The van der Waals surface area contributed by atoms with Crippen LogP contribution in [0.25, 0.3) is 0 Å². The van der Waals surface area contributed by atoms with Crippen LogP contribution in [0.1, 0.15) is 32.8 Å². The Labute approximate surface area is 151 Å². The van der Waals surface area contributed by atoms with E-state index in [2.05, 4.69) is 37.6 Å². The average Bonchev–Trinajstić information content (AvgIpc) is 2.64. The van der Waals surface area contributed by atoms with Crippen LogP contribution in [0, 0.1) is 6.92 Å². The summed E-state index contributed by atoms with van der Waals surface area (Å²) in [6.07, 6.45) is 3.69. The van der Waals surface area contributed by atoms with Gasteiger partial charge < -0.3 is 19.7 Å². The lowest BCUT2D eigenvalue weighted by molar-refractivity contribution is 0.210. The summed E-state index contributed by atoms with van der Waals surface area (Å²) in [5, 5.41) is 6.11. The molecule has 0 fully saturated rings. The molecule has 1 heterocycles.